The van der Waals surface area contributed by atoms with Crippen LogP contribution in [0.5, 0.6) is 0 Å². The van der Waals surface area contributed by atoms with Crippen molar-refractivity contribution >= 4 is 5.78 Å². The maximum absolute atomic E-state index is 13.3. The van der Waals surface area contributed by atoms with Crippen molar-refractivity contribution < 1.29 is 4.79 Å². The van der Waals surface area contributed by atoms with Crippen molar-refractivity contribution in [2.45, 2.75) is 119 Å². The fourth-order valence-electron chi connectivity index (χ4n) is 11.3. The monoisotopic (exact) mass is 453 g/mol. The molecular formula is C31H51NO. The topological polar surface area (TPSA) is 29.1 Å². The summed E-state index contributed by atoms with van der Waals surface area (Å²) in [7, 11) is 2.22. The van der Waals surface area contributed by atoms with Crippen molar-refractivity contribution in [2.75, 3.05) is 7.05 Å². The molecule has 0 aromatic heterocycles. The smallest absolute Gasteiger partial charge is 0.159 e. The summed E-state index contributed by atoms with van der Waals surface area (Å²) in [6.07, 6.45) is 11.4. The Morgan fingerprint density at radius 3 is 2.15 bits per heavy atom. The highest BCUT2D eigenvalue weighted by Gasteiger charge is 2.70. The van der Waals surface area contributed by atoms with Crippen LogP contribution in [-0.4, -0.2) is 18.9 Å². The largest absolute Gasteiger partial charge is 0.316 e. The van der Waals surface area contributed by atoms with Crippen molar-refractivity contribution in [1.82, 2.24) is 5.32 Å². The molecule has 0 saturated heterocycles. The van der Waals surface area contributed by atoms with Crippen molar-refractivity contribution in [3.05, 3.63) is 11.1 Å². The lowest BCUT2D eigenvalue weighted by atomic mass is 9.32. The molecule has 5 aliphatic carbocycles. The molecule has 1 N–H and O–H groups in total. The van der Waals surface area contributed by atoms with Crippen LogP contribution < -0.4 is 5.32 Å². The second-order valence-electron chi connectivity index (χ2n) is 15.0. The van der Waals surface area contributed by atoms with Gasteiger partial charge in [0.25, 0.3) is 0 Å². The summed E-state index contributed by atoms with van der Waals surface area (Å²) in [6, 6.07) is 0.632. The number of rotatable bonds is 2. The maximum atomic E-state index is 13.3. The van der Waals surface area contributed by atoms with Gasteiger partial charge in [-0.15, -0.1) is 0 Å². The maximum Gasteiger partial charge on any atom is 0.159 e. The van der Waals surface area contributed by atoms with Gasteiger partial charge >= 0.3 is 0 Å². The van der Waals surface area contributed by atoms with Gasteiger partial charge in [0, 0.05) is 12.5 Å². The number of nitrogens with one attached hydrogen (secondary N) is 1. The highest BCUT2D eigenvalue weighted by Crippen LogP contribution is 2.76. The summed E-state index contributed by atoms with van der Waals surface area (Å²) in [5.41, 5.74) is 4.46. The molecule has 2 heteroatoms. The van der Waals surface area contributed by atoms with Crippen molar-refractivity contribution in [3.8, 4) is 0 Å². The molecule has 33 heavy (non-hydrogen) atoms. The van der Waals surface area contributed by atoms with Crippen LogP contribution in [0.15, 0.2) is 11.1 Å². The molecule has 0 aromatic rings. The molecule has 4 saturated carbocycles. The lowest BCUT2D eigenvalue weighted by Crippen LogP contribution is -2.68. The Hall–Kier alpha value is -0.630. The summed E-state index contributed by atoms with van der Waals surface area (Å²) in [5, 5.41) is 3.83. The van der Waals surface area contributed by atoms with Crippen molar-refractivity contribution in [1.29, 1.82) is 0 Å². The van der Waals surface area contributed by atoms with Crippen LogP contribution in [0.25, 0.3) is 0 Å². The van der Waals surface area contributed by atoms with E-state index in [0.29, 0.717) is 45.3 Å². The standard InChI is InChI=1S/C31H51NO/c1-19(2)25-21(33)18-28(5)16-17-29(6)20(26(25)28)10-11-23-30(29,7)15-12-22-27(3,4)14-13-24(32-9)31(22,23)8/h19-20,22-24,32H,10-18H2,1-9H3/t20-,22+,23+,24?,28+,29-,30-,31+/m1/s1. The first-order chi connectivity index (χ1) is 15.3. The van der Waals surface area contributed by atoms with Crippen LogP contribution in [0, 0.1) is 50.7 Å². The van der Waals surface area contributed by atoms with Crippen molar-refractivity contribution in [3.63, 3.8) is 0 Å². The van der Waals surface area contributed by atoms with E-state index in [1.165, 1.54) is 56.9 Å². The van der Waals surface area contributed by atoms with E-state index in [0.717, 1.165) is 18.3 Å². The van der Waals surface area contributed by atoms with E-state index in [-0.39, 0.29) is 5.41 Å². The van der Waals surface area contributed by atoms with Crippen LogP contribution in [0.4, 0.5) is 0 Å². The molecule has 0 amide bonds. The first-order valence-electron chi connectivity index (χ1n) is 14.2. The predicted octanol–water partition coefficient (Wildman–Crippen LogP) is 7.58. The van der Waals surface area contributed by atoms with Crippen LogP contribution in [0.2, 0.25) is 0 Å². The number of hydrogen-bond donors (Lipinski definition) is 1. The van der Waals surface area contributed by atoms with Gasteiger partial charge in [-0.05, 0) is 115 Å². The van der Waals surface area contributed by atoms with Crippen LogP contribution in [-0.2, 0) is 4.79 Å². The number of hydrogen-bond acceptors (Lipinski definition) is 2. The summed E-state index contributed by atoms with van der Waals surface area (Å²) in [6.45, 7) is 20.1. The highest BCUT2D eigenvalue weighted by molar-refractivity contribution is 6.00. The molecule has 4 fully saturated rings. The Bertz CT molecular complexity index is 883. The van der Waals surface area contributed by atoms with Crippen LogP contribution >= 0.6 is 0 Å². The van der Waals surface area contributed by atoms with Crippen LogP contribution in [0.1, 0.15) is 113 Å². The lowest BCUT2D eigenvalue weighted by molar-refractivity contribution is -0.220. The molecule has 0 aliphatic heterocycles. The van der Waals surface area contributed by atoms with E-state index in [9.17, 15) is 4.79 Å². The van der Waals surface area contributed by atoms with E-state index in [1.807, 2.05) is 0 Å². The van der Waals surface area contributed by atoms with Gasteiger partial charge in [-0.25, -0.2) is 0 Å². The van der Waals surface area contributed by atoms with Gasteiger partial charge in [0.1, 0.15) is 0 Å². The fourth-order valence-corrected chi connectivity index (χ4v) is 11.3. The van der Waals surface area contributed by atoms with Gasteiger partial charge in [-0.2, -0.15) is 0 Å². The first kappa shape index (κ1) is 24.1. The average molecular weight is 454 g/mol. The zero-order valence-electron chi connectivity index (χ0n) is 23.2. The Kier molecular flexibility index (Phi) is 5.26. The quantitative estimate of drug-likeness (QED) is 0.467. The van der Waals surface area contributed by atoms with Gasteiger partial charge in [-0.3, -0.25) is 4.79 Å². The summed E-state index contributed by atoms with van der Waals surface area (Å²) in [4.78, 5) is 13.3. The molecule has 0 radical (unpaired) electrons. The molecule has 0 aromatic carbocycles. The third-order valence-electron chi connectivity index (χ3n) is 13.1. The van der Waals surface area contributed by atoms with Gasteiger partial charge < -0.3 is 5.32 Å². The van der Waals surface area contributed by atoms with Crippen molar-refractivity contribution in [2.24, 2.45) is 50.7 Å². The number of carbonyl (C=O) groups is 1. The summed E-state index contributed by atoms with van der Waals surface area (Å²) in [5.74, 6) is 3.02. The molecular weight excluding hydrogens is 402 g/mol. The minimum Gasteiger partial charge on any atom is -0.316 e. The molecule has 5 aliphatic rings. The van der Waals surface area contributed by atoms with E-state index >= 15 is 0 Å². The Morgan fingerprint density at radius 2 is 1.52 bits per heavy atom. The Labute approximate surface area is 204 Å². The van der Waals surface area contributed by atoms with E-state index < -0.39 is 0 Å². The normalized spacial score (nSPS) is 51.2. The first-order valence-corrected chi connectivity index (χ1v) is 14.2. The number of ketones is 1. The van der Waals surface area contributed by atoms with E-state index in [2.05, 4.69) is 67.8 Å². The van der Waals surface area contributed by atoms with Gasteiger partial charge in [0.2, 0.25) is 0 Å². The lowest BCUT2D eigenvalue weighted by Gasteiger charge is -2.73. The molecule has 2 nitrogen and oxygen atoms in total. The molecule has 0 heterocycles. The van der Waals surface area contributed by atoms with Gasteiger partial charge in [-0.1, -0.05) is 61.0 Å². The zero-order valence-corrected chi connectivity index (χ0v) is 23.2. The molecule has 8 atom stereocenters. The molecule has 5 rings (SSSR count). The molecule has 0 spiro atoms. The van der Waals surface area contributed by atoms with E-state index in [4.69, 9.17) is 0 Å². The third-order valence-corrected chi connectivity index (χ3v) is 13.1. The number of fused-ring (bicyclic) bond motifs is 7. The highest BCUT2D eigenvalue weighted by atomic mass is 16.1. The summed E-state index contributed by atoms with van der Waals surface area (Å²) >= 11 is 0. The number of carbonyl (C=O) groups excluding carboxylic acids is 1. The number of allylic oxidation sites excluding steroid dienone is 2. The van der Waals surface area contributed by atoms with Crippen LogP contribution in [0.3, 0.4) is 0 Å². The second kappa shape index (κ2) is 7.21. The third kappa shape index (κ3) is 2.85. The summed E-state index contributed by atoms with van der Waals surface area (Å²) < 4.78 is 0. The minimum absolute atomic E-state index is 0.130. The van der Waals surface area contributed by atoms with Gasteiger partial charge in [0.05, 0.1) is 0 Å². The number of Topliss-reactive ketones (excluding diaryl/α,β-unsaturated/α-hetero) is 1. The second-order valence-corrected chi connectivity index (χ2v) is 15.0. The van der Waals surface area contributed by atoms with Gasteiger partial charge in [0.15, 0.2) is 5.78 Å². The zero-order chi connectivity index (χ0) is 24.2. The minimum atomic E-state index is 0.130. The van der Waals surface area contributed by atoms with E-state index in [1.54, 1.807) is 5.57 Å². The SMILES string of the molecule is CNC1CCC(C)(C)[C@@H]2CC[C@]3(C)[C@H](CC[C@@H]4C5=C(C(C)C)C(=O)C[C@]5(C)CC[C@]43C)[C@@]12C. The average Bonchev–Trinajstić information content (AvgIpc) is 2.99. The molecule has 1 unspecified atom stereocenters. The molecule has 0 bridgehead atoms. The Balaban J connectivity index is 1.63. The fraction of sp³-hybridized carbons (Fsp3) is 0.903. The molecule has 186 valence electrons. The Morgan fingerprint density at radius 1 is 0.818 bits per heavy atom. The predicted molar refractivity (Wildman–Crippen MR) is 138 cm³/mol.